The highest BCUT2D eigenvalue weighted by Gasteiger charge is 2.48. The average Bonchev–Trinajstić information content (AvgIpc) is 2.83. The van der Waals surface area contributed by atoms with Crippen molar-refractivity contribution in [2.24, 2.45) is 5.92 Å². The minimum absolute atomic E-state index is 0.0603. The van der Waals surface area contributed by atoms with Gasteiger partial charge in [0, 0.05) is 19.1 Å². The molecule has 3 unspecified atom stereocenters. The van der Waals surface area contributed by atoms with E-state index in [0.29, 0.717) is 18.9 Å². The largest absolute Gasteiger partial charge is 0.480 e. The normalized spacial score (nSPS) is 29.1. The van der Waals surface area contributed by atoms with Crippen molar-refractivity contribution in [1.29, 1.82) is 0 Å². The fraction of sp³-hybridized carbons (Fsp3) is 0.857. The summed E-state index contributed by atoms with van der Waals surface area (Å²) >= 11 is 0. The zero-order valence-electron chi connectivity index (χ0n) is 12.0. The first-order chi connectivity index (χ1) is 9.60. The number of aliphatic hydroxyl groups excluding tert-OH is 1. The standard InChI is InChI=1S/C14H24N2O4/c1-2-15(7-8-17)14(20)16-11-6-4-3-5-10(11)9-12(16)13(18)19/h10-12,17H,2-9H2,1H3,(H,18,19). The van der Waals surface area contributed by atoms with E-state index < -0.39 is 12.0 Å². The van der Waals surface area contributed by atoms with Crippen LogP contribution in [0.3, 0.4) is 0 Å². The van der Waals surface area contributed by atoms with E-state index in [1.54, 1.807) is 4.90 Å². The maximum atomic E-state index is 12.6. The van der Waals surface area contributed by atoms with Crippen molar-refractivity contribution >= 4 is 12.0 Å². The Balaban J connectivity index is 2.19. The van der Waals surface area contributed by atoms with Gasteiger partial charge in [0.1, 0.15) is 6.04 Å². The van der Waals surface area contributed by atoms with Crippen LogP contribution in [-0.2, 0) is 4.79 Å². The van der Waals surface area contributed by atoms with Crippen LogP contribution in [0.5, 0.6) is 0 Å². The minimum Gasteiger partial charge on any atom is -0.480 e. The van der Waals surface area contributed by atoms with Gasteiger partial charge in [0.25, 0.3) is 0 Å². The number of likely N-dealkylation sites (tertiary alicyclic amines) is 1. The number of amides is 2. The van der Waals surface area contributed by atoms with Gasteiger partial charge in [-0.05, 0) is 32.1 Å². The van der Waals surface area contributed by atoms with Crippen molar-refractivity contribution in [2.75, 3.05) is 19.7 Å². The number of hydrogen-bond donors (Lipinski definition) is 2. The van der Waals surface area contributed by atoms with Crippen molar-refractivity contribution in [3.8, 4) is 0 Å². The molecule has 0 spiro atoms. The van der Waals surface area contributed by atoms with E-state index in [1.807, 2.05) is 6.92 Å². The topological polar surface area (TPSA) is 81.1 Å². The third-order valence-electron chi connectivity index (χ3n) is 4.62. The van der Waals surface area contributed by atoms with Gasteiger partial charge >= 0.3 is 12.0 Å². The Labute approximate surface area is 119 Å². The molecule has 2 fully saturated rings. The van der Waals surface area contributed by atoms with Gasteiger partial charge in [0.2, 0.25) is 0 Å². The van der Waals surface area contributed by atoms with Crippen LogP contribution in [0.1, 0.15) is 39.0 Å². The second kappa shape index (κ2) is 6.43. The van der Waals surface area contributed by atoms with Crippen LogP contribution in [0.2, 0.25) is 0 Å². The van der Waals surface area contributed by atoms with Crippen molar-refractivity contribution in [2.45, 2.75) is 51.1 Å². The van der Waals surface area contributed by atoms with Crippen LogP contribution in [0.15, 0.2) is 0 Å². The molecule has 2 N–H and O–H groups in total. The molecule has 6 nitrogen and oxygen atoms in total. The van der Waals surface area contributed by atoms with Crippen LogP contribution in [0, 0.1) is 5.92 Å². The minimum atomic E-state index is -0.909. The summed E-state index contributed by atoms with van der Waals surface area (Å²) < 4.78 is 0. The zero-order chi connectivity index (χ0) is 14.7. The van der Waals surface area contributed by atoms with E-state index in [9.17, 15) is 14.7 Å². The number of carboxylic acids is 1. The monoisotopic (exact) mass is 284 g/mol. The molecular formula is C14H24N2O4. The van der Waals surface area contributed by atoms with Gasteiger partial charge in [-0.3, -0.25) is 0 Å². The number of nitrogens with zero attached hydrogens (tertiary/aromatic N) is 2. The Morgan fingerprint density at radius 1 is 1.30 bits per heavy atom. The van der Waals surface area contributed by atoms with E-state index in [-0.39, 0.29) is 25.2 Å². The molecule has 2 aliphatic rings. The van der Waals surface area contributed by atoms with Gasteiger partial charge in [0.05, 0.1) is 6.61 Å². The van der Waals surface area contributed by atoms with Crippen LogP contribution < -0.4 is 0 Å². The molecule has 1 aliphatic heterocycles. The number of rotatable bonds is 4. The molecule has 3 atom stereocenters. The summed E-state index contributed by atoms with van der Waals surface area (Å²) in [5, 5.41) is 18.4. The summed E-state index contributed by atoms with van der Waals surface area (Å²) in [6, 6.07) is -0.878. The zero-order valence-corrected chi connectivity index (χ0v) is 12.0. The van der Waals surface area contributed by atoms with Gasteiger partial charge in [-0.25, -0.2) is 9.59 Å². The first kappa shape index (κ1) is 15.1. The Morgan fingerprint density at radius 2 is 2.00 bits per heavy atom. The number of aliphatic hydroxyl groups is 1. The van der Waals surface area contributed by atoms with Crippen molar-refractivity contribution in [1.82, 2.24) is 9.80 Å². The maximum absolute atomic E-state index is 12.6. The number of urea groups is 1. The van der Waals surface area contributed by atoms with Crippen molar-refractivity contribution in [3.05, 3.63) is 0 Å². The molecule has 20 heavy (non-hydrogen) atoms. The average molecular weight is 284 g/mol. The quantitative estimate of drug-likeness (QED) is 0.811. The number of carbonyl (C=O) groups is 2. The maximum Gasteiger partial charge on any atom is 0.326 e. The lowest BCUT2D eigenvalue weighted by Gasteiger charge is -2.36. The molecule has 6 heteroatoms. The van der Waals surface area contributed by atoms with Crippen LogP contribution in [0.25, 0.3) is 0 Å². The molecule has 1 saturated carbocycles. The molecule has 2 amide bonds. The molecule has 1 saturated heterocycles. The van der Waals surface area contributed by atoms with Gasteiger partial charge in [-0.15, -0.1) is 0 Å². The van der Waals surface area contributed by atoms with E-state index >= 15 is 0 Å². The lowest BCUT2D eigenvalue weighted by molar-refractivity contribution is -0.141. The molecular weight excluding hydrogens is 260 g/mol. The van der Waals surface area contributed by atoms with E-state index in [2.05, 4.69) is 0 Å². The summed E-state index contributed by atoms with van der Waals surface area (Å²) in [6.45, 7) is 2.49. The van der Waals surface area contributed by atoms with E-state index in [0.717, 1.165) is 25.7 Å². The van der Waals surface area contributed by atoms with Crippen LogP contribution >= 0.6 is 0 Å². The van der Waals surface area contributed by atoms with Gasteiger partial charge in [-0.1, -0.05) is 12.8 Å². The number of carbonyl (C=O) groups excluding carboxylic acids is 1. The predicted octanol–water partition coefficient (Wildman–Crippen LogP) is 1.14. The molecule has 0 radical (unpaired) electrons. The molecule has 2 rings (SSSR count). The number of aliphatic carboxylic acids is 1. The molecule has 0 aromatic heterocycles. The van der Waals surface area contributed by atoms with Crippen LogP contribution in [0.4, 0.5) is 4.79 Å². The number of fused-ring (bicyclic) bond motifs is 1. The highest BCUT2D eigenvalue weighted by atomic mass is 16.4. The Hall–Kier alpha value is -1.30. The molecule has 0 aromatic carbocycles. The Bertz CT molecular complexity index is 374. The molecule has 114 valence electrons. The Morgan fingerprint density at radius 3 is 2.60 bits per heavy atom. The van der Waals surface area contributed by atoms with Gasteiger partial charge in [-0.2, -0.15) is 0 Å². The third kappa shape index (κ3) is 2.75. The van der Waals surface area contributed by atoms with Gasteiger partial charge < -0.3 is 20.0 Å². The Kier molecular flexibility index (Phi) is 4.86. The summed E-state index contributed by atoms with van der Waals surface area (Å²) in [5.74, 6) is -0.588. The molecule has 0 aromatic rings. The first-order valence-corrected chi connectivity index (χ1v) is 7.51. The van der Waals surface area contributed by atoms with Crippen LogP contribution in [-0.4, -0.2) is 63.8 Å². The van der Waals surface area contributed by atoms with Gasteiger partial charge in [0.15, 0.2) is 0 Å². The first-order valence-electron chi connectivity index (χ1n) is 7.51. The second-order valence-corrected chi connectivity index (χ2v) is 5.69. The SMILES string of the molecule is CCN(CCO)C(=O)N1C(C(=O)O)CC2CCCCC21. The predicted molar refractivity (Wildman–Crippen MR) is 73.4 cm³/mol. The van der Waals surface area contributed by atoms with Crippen molar-refractivity contribution < 1.29 is 19.8 Å². The van der Waals surface area contributed by atoms with Crippen molar-refractivity contribution in [3.63, 3.8) is 0 Å². The smallest absolute Gasteiger partial charge is 0.326 e. The van der Waals surface area contributed by atoms with E-state index in [4.69, 9.17) is 5.11 Å². The summed E-state index contributed by atoms with van der Waals surface area (Å²) in [4.78, 5) is 27.2. The molecule has 1 aliphatic carbocycles. The fourth-order valence-corrected chi connectivity index (χ4v) is 3.63. The fourth-order valence-electron chi connectivity index (χ4n) is 3.63. The molecule has 1 heterocycles. The number of likely N-dealkylation sites (N-methyl/N-ethyl adjacent to an activating group) is 1. The highest BCUT2D eigenvalue weighted by Crippen LogP contribution is 2.40. The summed E-state index contributed by atoms with van der Waals surface area (Å²) in [7, 11) is 0. The lowest BCUT2D eigenvalue weighted by Crippen LogP contribution is -2.52. The third-order valence-corrected chi connectivity index (χ3v) is 4.62. The highest BCUT2D eigenvalue weighted by molar-refractivity contribution is 5.84. The van der Waals surface area contributed by atoms with E-state index in [1.165, 1.54) is 4.90 Å². The second-order valence-electron chi connectivity index (χ2n) is 5.69. The number of carboxylic acid groups (broad SMARTS) is 1. The molecule has 0 bridgehead atoms. The summed E-state index contributed by atoms with van der Waals surface area (Å²) in [5.41, 5.74) is 0. The number of hydrogen-bond acceptors (Lipinski definition) is 3. The lowest BCUT2D eigenvalue weighted by atomic mass is 9.85. The summed E-state index contributed by atoms with van der Waals surface area (Å²) in [6.07, 6.45) is 4.68.